The van der Waals surface area contributed by atoms with Crippen LogP contribution in [-0.2, 0) is 0 Å². The van der Waals surface area contributed by atoms with Gasteiger partial charge < -0.3 is 0 Å². The predicted octanol–water partition coefficient (Wildman–Crippen LogP) is 3.37. The van der Waals surface area contributed by atoms with Crippen molar-refractivity contribution in [2.24, 2.45) is 0 Å². The van der Waals surface area contributed by atoms with Crippen molar-refractivity contribution < 1.29 is 0 Å². The summed E-state index contributed by atoms with van der Waals surface area (Å²) in [6.07, 6.45) is 1.52. The molecule has 0 N–H and O–H groups in total. The highest BCUT2D eigenvalue weighted by molar-refractivity contribution is 9.11. The van der Waals surface area contributed by atoms with E-state index in [0.717, 1.165) is 20.3 Å². The Morgan fingerprint density at radius 3 is 2.27 bits per heavy atom. The molecule has 1 aromatic heterocycles. The molecule has 1 aromatic carbocycles. The van der Waals surface area contributed by atoms with Crippen LogP contribution in [0.1, 0.15) is 5.82 Å². The number of halogens is 2. The monoisotopic (exact) mass is 327 g/mol. The summed E-state index contributed by atoms with van der Waals surface area (Å²) >= 11 is 6.86. The number of aryl methyl sites for hydroxylation is 1. The Bertz CT molecular complexity index is 480. The highest BCUT2D eigenvalue weighted by Crippen LogP contribution is 2.25. The molecule has 0 amide bonds. The molecule has 0 aliphatic carbocycles. The van der Waals surface area contributed by atoms with E-state index in [0.29, 0.717) is 5.82 Å². The van der Waals surface area contributed by atoms with Gasteiger partial charge in [0.05, 0.1) is 0 Å². The number of aromatic nitrogens is 3. The summed E-state index contributed by atoms with van der Waals surface area (Å²) in [6, 6.07) is 5.91. The first-order valence-corrected chi connectivity index (χ1v) is 5.86. The predicted molar refractivity (Wildman–Crippen MR) is 65.4 cm³/mol. The molecule has 15 heavy (non-hydrogen) atoms. The zero-order valence-electron chi connectivity index (χ0n) is 7.91. The molecule has 5 heteroatoms. The zero-order chi connectivity index (χ0) is 10.8. The van der Waals surface area contributed by atoms with Gasteiger partial charge in [-0.25, -0.2) is 15.0 Å². The van der Waals surface area contributed by atoms with Crippen molar-refractivity contribution in [1.29, 1.82) is 0 Å². The van der Waals surface area contributed by atoms with Gasteiger partial charge in [0.1, 0.15) is 12.2 Å². The number of hydrogen-bond donors (Lipinski definition) is 0. The van der Waals surface area contributed by atoms with E-state index in [4.69, 9.17) is 0 Å². The lowest BCUT2D eigenvalue weighted by Gasteiger charge is -2.02. The minimum Gasteiger partial charge on any atom is -0.222 e. The molecule has 2 rings (SSSR count). The van der Waals surface area contributed by atoms with E-state index in [1.807, 2.05) is 25.1 Å². The number of nitrogens with zero attached hydrogens (tertiary/aromatic N) is 3. The van der Waals surface area contributed by atoms with Crippen LogP contribution >= 0.6 is 31.9 Å². The first-order chi connectivity index (χ1) is 7.15. The van der Waals surface area contributed by atoms with Gasteiger partial charge in [0.25, 0.3) is 0 Å². The van der Waals surface area contributed by atoms with E-state index in [9.17, 15) is 0 Å². The van der Waals surface area contributed by atoms with Crippen LogP contribution in [0.3, 0.4) is 0 Å². The standard InChI is InChI=1S/C10H7Br2N3/c1-6-13-5-14-10(15-6)7-2-8(11)4-9(12)3-7/h2-5H,1H3. The maximum atomic E-state index is 4.26. The van der Waals surface area contributed by atoms with E-state index in [-0.39, 0.29) is 0 Å². The third kappa shape index (κ3) is 2.60. The van der Waals surface area contributed by atoms with Crippen molar-refractivity contribution in [2.45, 2.75) is 6.92 Å². The Labute approximate surface area is 104 Å². The summed E-state index contributed by atoms with van der Waals surface area (Å²) in [5.41, 5.74) is 0.960. The van der Waals surface area contributed by atoms with Crippen molar-refractivity contribution in [1.82, 2.24) is 15.0 Å². The second-order valence-corrected chi connectivity index (χ2v) is 4.85. The quantitative estimate of drug-likeness (QED) is 0.805. The Morgan fingerprint density at radius 2 is 1.67 bits per heavy atom. The third-order valence-electron chi connectivity index (χ3n) is 1.81. The first kappa shape index (κ1) is 10.7. The summed E-state index contributed by atoms with van der Waals surface area (Å²) in [5, 5.41) is 0. The van der Waals surface area contributed by atoms with Crippen molar-refractivity contribution >= 4 is 31.9 Å². The molecule has 3 nitrogen and oxygen atoms in total. The van der Waals surface area contributed by atoms with Crippen LogP contribution in [0.15, 0.2) is 33.5 Å². The highest BCUT2D eigenvalue weighted by atomic mass is 79.9. The summed E-state index contributed by atoms with van der Waals surface area (Å²) in [4.78, 5) is 12.4. The number of hydrogen-bond acceptors (Lipinski definition) is 3. The molecule has 0 fully saturated rings. The third-order valence-corrected chi connectivity index (χ3v) is 2.73. The maximum absolute atomic E-state index is 4.26. The Balaban J connectivity index is 2.54. The van der Waals surface area contributed by atoms with E-state index in [1.54, 1.807) is 0 Å². The summed E-state index contributed by atoms with van der Waals surface area (Å²) < 4.78 is 1.98. The molecule has 76 valence electrons. The molecule has 2 aromatic rings. The lowest BCUT2D eigenvalue weighted by Crippen LogP contribution is -1.93. The van der Waals surface area contributed by atoms with Crippen LogP contribution in [0.2, 0.25) is 0 Å². The lowest BCUT2D eigenvalue weighted by molar-refractivity contribution is 0.982. The summed E-state index contributed by atoms with van der Waals surface area (Å²) in [7, 11) is 0. The van der Waals surface area contributed by atoms with Gasteiger partial charge in [-0.3, -0.25) is 0 Å². The molecular weight excluding hydrogens is 322 g/mol. The van der Waals surface area contributed by atoms with Crippen molar-refractivity contribution in [2.75, 3.05) is 0 Å². The normalized spacial score (nSPS) is 10.3. The highest BCUT2D eigenvalue weighted by Gasteiger charge is 2.03. The van der Waals surface area contributed by atoms with Gasteiger partial charge in [-0.15, -0.1) is 0 Å². The smallest absolute Gasteiger partial charge is 0.163 e. The molecule has 0 atom stereocenters. The van der Waals surface area contributed by atoms with Gasteiger partial charge in [-0.2, -0.15) is 0 Å². The molecule has 0 spiro atoms. The fraction of sp³-hybridized carbons (Fsp3) is 0.100. The average Bonchev–Trinajstić information content (AvgIpc) is 2.16. The van der Waals surface area contributed by atoms with Gasteiger partial charge in [-0.1, -0.05) is 31.9 Å². The molecule has 1 heterocycles. The van der Waals surface area contributed by atoms with Crippen LogP contribution in [0.5, 0.6) is 0 Å². The molecule has 0 saturated heterocycles. The molecule has 0 bridgehead atoms. The van der Waals surface area contributed by atoms with E-state index >= 15 is 0 Å². The zero-order valence-corrected chi connectivity index (χ0v) is 11.1. The largest absolute Gasteiger partial charge is 0.222 e. The topological polar surface area (TPSA) is 38.7 Å². The summed E-state index contributed by atoms with van der Waals surface area (Å²) in [6.45, 7) is 1.85. The minimum absolute atomic E-state index is 0.685. The minimum atomic E-state index is 0.685. The second-order valence-electron chi connectivity index (χ2n) is 3.01. The van der Waals surface area contributed by atoms with Crippen molar-refractivity contribution in [3.63, 3.8) is 0 Å². The molecule has 0 saturated carbocycles. The van der Waals surface area contributed by atoms with Crippen LogP contribution in [-0.4, -0.2) is 15.0 Å². The van der Waals surface area contributed by atoms with Crippen molar-refractivity contribution in [3.8, 4) is 11.4 Å². The molecule has 0 aliphatic heterocycles. The Hall–Kier alpha value is -0.810. The fourth-order valence-corrected chi connectivity index (χ4v) is 2.49. The number of rotatable bonds is 1. The maximum Gasteiger partial charge on any atom is 0.163 e. The van der Waals surface area contributed by atoms with E-state index in [2.05, 4.69) is 46.8 Å². The van der Waals surface area contributed by atoms with Gasteiger partial charge in [0.2, 0.25) is 0 Å². The molecule has 0 radical (unpaired) electrons. The molecular formula is C10H7Br2N3. The second kappa shape index (κ2) is 4.37. The first-order valence-electron chi connectivity index (χ1n) is 4.27. The van der Waals surface area contributed by atoms with Crippen LogP contribution < -0.4 is 0 Å². The SMILES string of the molecule is Cc1ncnc(-c2cc(Br)cc(Br)c2)n1. The fourth-order valence-electron chi connectivity index (χ4n) is 1.20. The van der Waals surface area contributed by atoms with Crippen LogP contribution in [0.25, 0.3) is 11.4 Å². The van der Waals surface area contributed by atoms with Crippen molar-refractivity contribution in [3.05, 3.63) is 39.3 Å². The van der Waals surface area contributed by atoms with E-state index in [1.165, 1.54) is 6.33 Å². The van der Waals surface area contributed by atoms with Gasteiger partial charge >= 0.3 is 0 Å². The van der Waals surface area contributed by atoms with Gasteiger partial charge in [-0.05, 0) is 25.1 Å². The Kier molecular flexibility index (Phi) is 3.11. The molecule has 0 aliphatic rings. The molecule has 0 unspecified atom stereocenters. The van der Waals surface area contributed by atoms with Crippen LogP contribution in [0, 0.1) is 6.92 Å². The number of benzene rings is 1. The lowest BCUT2D eigenvalue weighted by atomic mass is 10.2. The van der Waals surface area contributed by atoms with Gasteiger partial charge in [0.15, 0.2) is 5.82 Å². The summed E-state index contributed by atoms with van der Waals surface area (Å²) in [5.74, 6) is 1.40. The van der Waals surface area contributed by atoms with E-state index < -0.39 is 0 Å². The Morgan fingerprint density at radius 1 is 1.00 bits per heavy atom. The van der Waals surface area contributed by atoms with Crippen LogP contribution in [0.4, 0.5) is 0 Å². The average molecular weight is 329 g/mol. The van der Waals surface area contributed by atoms with Gasteiger partial charge in [0, 0.05) is 14.5 Å².